The molecule has 232 valence electrons. The number of nitrogens with zero attached hydrogens (tertiary/aromatic N) is 3. The Kier molecular flexibility index (Phi) is 8.91. The molecule has 3 fully saturated rings. The Morgan fingerprint density at radius 1 is 0.930 bits per heavy atom. The first-order valence-corrected chi connectivity index (χ1v) is 16.3. The number of rotatable bonds is 10. The summed E-state index contributed by atoms with van der Waals surface area (Å²) in [6.45, 7) is 3.93. The van der Waals surface area contributed by atoms with Crippen molar-refractivity contribution in [3.05, 3.63) is 48.6 Å². The molecule has 43 heavy (non-hydrogen) atoms. The number of amides is 3. The highest BCUT2D eigenvalue weighted by atomic mass is 16.5. The zero-order valence-electron chi connectivity index (χ0n) is 25.2. The molecule has 1 spiro atoms. The third kappa shape index (κ3) is 5.39. The Bertz CT molecular complexity index is 1240. The van der Waals surface area contributed by atoms with E-state index in [-0.39, 0.29) is 30.4 Å². The van der Waals surface area contributed by atoms with E-state index in [4.69, 9.17) is 9.47 Å². The van der Waals surface area contributed by atoms with E-state index < -0.39 is 29.6 Å². The molecule has 9 heteroatoms. The Balaban J connectivity index is 1.33. The number of aliphatic hydroxyl groups excluding tert-OH is 1. The summed E-state index contributed by atoms with van der Waals surface area (Å²) < 4.78 is 12.4. The fraction of sp³-hybridized carbons (Fsp3) is 0.618. The molecule has 5 atom stereocenters. The standard InChI is InChI=1S/C34H45N3O6/c1-2-42-26-17-15-25(16-18-26)35-21-10-14-27-28(31(35)39)29-32(40)37(20-8-3-4-9-23-38)30-33(41)36(24-12-6-5-7-13-24)22-11-19-34(29,30)43-27/h10-11,14-19,24,27-30,38H,2-9,12-13,20-23H2,1H3/t27-,28+,29+,30?,34+/m1/s1. The normalized spacial score (nSPS) is 30.7. The average Bonchev–Trinajstić information content (AvgIpc) is 3.33. The second-order valence-electron chi connectivity index (χ2n) is 12.5. The zero-order chi connectivity index (χ0) is 30.0. The molecular formula is C34H45N3O6. The van der Waals surface area contributed by atoms with Crippen LogP contribution in [0.3, 0.4) is 0 Å². The zero-order valence-corrected chi connectivity index (χ0v) is 25.2. The van der Waals surface area contributed by atoms with Gasteiger partial charge >= 0.3 is 0 Å². The molecule has 1 aromatic carbocycles. The number of carbonyl (C=O) groups excluding carboxylic acids is 3. The second-order valence-corrected chi connectivity index (χ2v) is 12.5. The van der Waals surface area contributed by atoms with Crippen molar-refractivity contribution in [2.75, 3.05) is 37.7 Å². The lowest BCUT2D eigenvalue weighted by molar-refractivity contribution is -0.149. The molecule has 9 nitrogen and oxygen atoms in total. The molecule has 1 aromatic rings. The third-order valence-corrected chi connectivity index (χ3v) is 9.97. The minimum absolute atomic E-state index is 0.0561. The lowest BCUT2D eigenvalue weighted by Gasteiger charge is -2.39. The highest BCUT2D eigenvalue weighted by Gasteiger charge is 2.71. The summed E-state index contributed by atoms with van der Waals surface area (Å²) in [6.07, 6.45) is 15.7. The Morgan fingerprint density at radius 3 is 2.44 bits per heavy atom. The van der Waals surface area contributed by atoms with Gasteiger partial charge in [-0.25, -0.2) is 0 Å². The van der Waals surface area contributed by atoms with Crippen LogP contribution in [0.5, 0.6) is 5.75 Å². The monoisotopic (exact) mass is 591 g/mol. The van der Waals surface area contributed by atoms with Crippen molar-refractivity contribution >= 4 is 23.4 Å². The molecule has 5 aliphatic rings. The van der Waals surface area contributed by atoms with Gasteiger partial charge in [0.2, 0.25) is 17.7 Å². The fourth-order valence-corrected chi connectivity index (χ4v) is 7.98. The van der Waals surface area contributed by atoms with Crippen LogP contribution >= 0.6 is 0 Å². The predicted molar refractivity (Wildman–Crippen MR) is 162 cm³/mol. The van der Waals surface area contributed by atoms with Crippen LogP contribution in [-0.2, 0) is 19.1 Å². The van der Waals surface area contributed by atoms with Crippen molar-refractivity contribution in [1.29, 1.82) is 0 Å². The van der Waals surface area contributed by atoms with Crippen molar-refractivity contribution < 1.29 is 29.0 Å². The van der Waals surface area contributed by atoms with E-state index in [9.17, 15) is 19.5 Å². The summed E-state index contributed by atoms with van der Waals surface area (Å²) in [6, 6.07) is 6.81. The Morgan fingerprint density at radius 2 is 1.70 bits per heavy atom. The van der Waals surface area contributed by atoms with Crippen molar-refractivity contribution in [3.63, 3.8) is 0 Å². The smallest absolute Gasteiger partial charge is 0.249 e. The number of carbonyl (C=O) groups is 3. The van der Waals surface area contributed by atoms with E-state index in [0.717, 1.165) is 62.8 Å². The van der Waals surface area contributed by atoms with Gasteiger partial charge in [0.05, 0.1) is 24.5 Å². The first kappa shape index (κ1) is 29.9. The summed E-state index contributed by atoms with van der Waals surface area (Å²) in [5, 5.41) is 9.21. The maximum atomic E-state index is 14.5. The van der Waals surface area contributed by atoms with E-state index in [1.54, 1.807) is 9.80 Å². The summed E-state index contributed by atoms with van der Waals surface area (Å²) >= 11 is 0. The van der Waals surface area contributed by atoms with Gasteiger partial charge in [-0.1, -0.05) is 56.4 Å². The third-order valence-electron chi connectivity index (χ3n) is 9.97. The minimum atomic E-state index is -1.19. The van der Waals surface area contributed by atoms with E-state index in [1.807, 2.05) is 60.4 Å². The van der Waals surface area contributed by atoms with Crippen LogP contribution in [-0.4, -0.2) is 89.3 Å². The molecule has 1 aliphatic carbocycles. The van der Waals surface area contributed by atoms with Crippen LogP contribution in [0.25, 0.3) is 0 Å². The number of fused-ring (bicyclic) bond motifs is 2. The molecule has 6 rings (SSSR count). The molecule has 0 bridgehead atoms. The van der Waals surface area contributed by atoms with Crippen molar-refractivity contribution in [1.82, 2.24) is 9.80 Å². The number of likely N-dealkylation sites (tertiary alicyclic amines) is 1. The fourth-order valence-electron chi connectivity index (χ4n) is 7.98. The van der Waals surface area contributed by atoms with Crippen molar-refractivity contribution in [3.8, 4) is 5.75 Å². The highest BCUT2D eigenvalue weighted by molar-refractivity contribution is 6.03. The summed E-state index contributed by atoms with van der Waals surface area (Å²) in [5.41, 5.74) is -0.460. The highest BCUT2D eigenvalue weighted by Crippen LogP contribution is 2.54. The topological polar surface area (TPSA) is 99.6 Å². The maximum absolute atomic E-state index is 14.5. The van der Waals surface area contributed by atoms with Crippen LogP contribution in [0.2, 0.25) is 0 Å². The largest absolute Gasteiger partial charge is 0.494 e. The number of unbranched alkanes of at least 4 members (excludes halogenated alkanes) is 3. The van der Waals surface area contributed by atoms with Gasteiger partial charge in [0.1, 0.15) is 17.4 Å². The van der Waals surface area contributed by atoms with Gasteiger partial charge in [0.25, 0.3) is 0 Å². The van der Waals surface area contributed by atoms with E-state index in [2.05, 4.69) is 0 Å². The number of hydrogen-bond donors (Lipinski definition) is 1. The lowest BCUT2D eigenvalue weighted by atomic mass is 9.77. The quantitative estimate of drug-likeness (QED) is 0.328. The molecule has 4 aliphatic heterocycles. The predicted octanol–water partition coefficient (Wildman–Crippen LogP) is 3.85. The van der Waals surface area contributed by atoms with Crippen LogP contribution in [0.15, 0.2) is 48.6 Å². The molecule has 4 heterocycles. The minimum Gasteiger partial charge on any atom is -0.494 e. The van der Waals surface area contributed by atoms with Gasteiger partial charge in [-0.05, 0) is 56.9 Å². The number of aliphatic hydroxyl groups is 1. The van der Waals surface area contributed by atoms with Gasteiger partial charge in [-0.3, -0.25) is 14.4 Å². The molecule has 1 unspecified atom stereocenters. The molecule has 3 amide bonds. The van der Waals surface area contributed by atoms with E-state index in [0.29, 0.717) is 26.2 Å². The van der Waals surface area contributed by atoms with Crippen LogP contribution in [0, 0.1) is 11.8 Å². The molecule has 1 N–H and O–H groups in total. The molecule has 1 saturated carbocycles. The van der Waals surface area contributed by atoms with Crippen molar-refractivity contribution in [2.24, 2.45) is 11.8 Å². The summed E-state index contributed by atoms with van der Waals surface area (Å²) in [5.74, 6) is -1.17. The number of hydrogen-bond acceptors (Lipinski definition) is 6. The van der Waals surface area contributed by atoms with Gasteiger partial charge in [0.15, 0.2) is 0 Å². The van der Waals surface area contributed by atoms with Gasteiger partial charge in [-0.15, -0.1) is 0 Å². The average molecular weight is 592 g/mol. The number of ether oxygens (including phenoxy) is 2. The lowest BCUT2D eigenvalue weighted by Crippen LogP contribution is -2.57. The first-order chi connectivity index (χ1) is 21.0. The SMILES string of the molecule is CCOc1ccc(N2CC=C[C@H]3O[C@]45C=CCN(C6CCCCC6)C(=O)C4N(CCCCCCO)C(=O)[C@@H]5[C@H]3C2=O)cc1. The molecule has 2 saturated heterocycles. The van der Waals surface area contributed by atoms with Crippen LogP contribution < -0.4 is 9.64 Å². The second kappa shape index (κ2) is 12.8. The number of anilines is 1. The van der Waals surface area contributed by atoms with Gasteiger partial charge in [-0.2, -0.15) is 0 Å². The van der Waals surface area contributed by atoms with Crippen LogP contribution in [0.1, 0.15) is 64.7 Å². The Labute approximate surface area is 254 Å². The summed E-state index contributed by atoms with van der Waals surface area (Å²) in [4.78, 5) is 48.8. The maximum Gasteiger partial charge on any atom is 0.249 e. The van der Waals surface area contributed by atoms with E-state index in [1.165, 1.54) is 6.42 Å². The molecule has 0 aromatic heterocycles. The first-order valence-electron chi connectivity index (χ1n) is 16.3. The Hall–Kier alpha value is -3.17. The number of benzene rings is 1. The van der Waals surface area contributed by atoms with Crippen molar-refractivity contribution in [2.45, 2.75) is 88.5 Å². The van der Waals surface area contributed by atoms with E-state index >= 15 is 0 Å². The molecular weight excluding hydrogens is 546 g/mol. The summed E-state index contributed by atoms with van der Waals surface area (Å²) in [7, 11) is 0. The van der Waals surface area contributed by atoms with Gasteiger partial charge < -0.3 is 29.3 Å². The van der Waals surface area contributed by atoms with Gasteiger partial charge in [0, 0.05) is 38.0 Å². The molecule has 0 radical (unpaired) electrons. The van der Waals surface area contributed by atoms with Crippen LogP contribution in [0.4, 0.5) is 5.69 Å².